The Bertz CT molecular complexity index is 655. The maximum Gasteiger partial charge on any atom is 0.254 e. The van der Waals surface area contributed by atoms with Crippen molar-refractivity contribution in [3.63, 3.8) is 0 Å². The molecule has 1 aliphatic rings. The molecule has 1 atom stereocenters. The summed E-state index contributed by atoms with van der Waals surface area (Å²) in [5.74, 6) is 0.876. The van der Waals surface area contributed by atoms with Gasteiger partial charge in [0, 0.05) is 18.2 Å². The molecule has 0 radical (unpaired) electrons. The van der Waals surface area contributed by atoms with Crippen LogP contribution in [0.25, 0.3) is 0 Å². The lowest BCUT2D eigenvalue weighted by atomic mass is 10.1. The molecule has 0 unspecified atom stereocenters. The van der Waals surface area contributed by atoms with Gasteiger partial charge in [0.1, 0.15) is 11.5 Å². The highest BCUT2D eigenvalue weighted by atomic mass is 16.5. The lowest BCUT2D eigenvalue weighted by molar-refractivity contribution is 0.0730. The first kappa shape index (κ1) is 13.9. The van der Waals surface area contributed by atoms with Crippen LogP contribution in [0, 0.1) is 20.8 Å². The first-order chi connectivity index (χ1) is 10.0. The van der Waals surface area contributed by atoms with Crippen molar-refractivity contribution >= 4 is 5.91 Å². The van der Waals surface area contributed by atoms with Crippen molar-refractivity contribution in [1.29, 1.82) is 0 Å². The zero-order chi connectivity index (χ0) is 15.0. The molecule has 1 aromatic heterocycles. The summed E-state index contributed by atoms with van der Waals surface area (Å²) in [5.41, 5.74) is 3.86. The van der Waals surface area contributed by atoms with Crippen molar-refractivity contribution in [2.24, 2.45) is 0 Å². The molecule has 2 heterocycles. The number of carbonyl (C=O) groups is 1. The molecule has 0 aliphatic carbocycles. The number of carbonyl (C=O) groups excluding carboxylic acids is 1. The number of likely N-dealkylation sites (tertiary alicyclic amines) is 1. The SMILES string of the molecule is Cc1cc(C)cc(C(=O)N2CCC[C@@H]2c2cc(C)on2)c1. The third kappa shape index (κ3) is 2.71. The number of hydrogen-bond acceptors (Lipinski definition) is 3. The van der Waals surface area contributed by atoms with Crippen LogP contribution in [0.4, 0.5) is 0 Å². The van der Waals surface area contributed by atoms with Crippen molar-refractivity contribution in [3.05, 3.63) is 52.4 Å². The fourth-order valence-corrected chi connectivity index (χ4v) is 3.12. The quantitative estimate of drug-likeness (QED) is 0.846. The summed E-state index contributed by atoms with van der Waals surface area (Å²) in [7, 11) is 0. The van der Waals surface area contributed by atoms with E-state index in [4.69, 9.17) is 4.52 Å². The van der Waals surface area contributed by atoms with Gasteiger partial charge in [0.2, 0.25) is 0 Å². The van der Waals surface area contributed by atoms with Crippen molar-refractivity contribution in [2.75, 3.05) is 6.54 Å². The Morgan fingerprint density at radius 2 is 1.90 bits per heavy atom. The van der Waals surface area contributed by atoms with E-state index in [1.54, 1.807) is 0 Å². The van der Waals surface area contributed by atoms with Gasteiger partial charge in [-0.15, -0.1) is 0 Å². The highest BCUT2D eigenvalue weighted by Crippen LogP contribution is 2.32. The maximum absolute atomic E-state index is 12.8. The molecule has 0 saturated carbocycles. The van der Waals surface area contributed by atoms with Gasteiger partial charge in [-0.2, -0.15) is 0 Å². The maximum atomic E-state index is 12.8. The Morgan fingerprint density at radius 1 is 1.19 bits per heavy atom. The third-order valence-corrected chi connectivity index (χ3v) is 3.97. The highest BCUT2D eigenvalue weighted by molar-refractivity contribution is 5.95. The van der Waals surface area contributed by atoms with Gasteiger partial charge in [-0.05, 0) is 45.7 Å². The normalized spacial score (nSPS) is 18.2. The molecule has 0 bridgehead atoms. The summed E-state index contributed by atoms with van der Waals surface area (Å²) in [6.07, 6.45) is 1.95. The Morgan fingerprint density at radius 3 is 2.52 bits per heavy atom. The van der Waals surface area contributed by atoms with Gasteiger partial charge in [0.25, 0.3) is 5.91 Å². The predicted octanol–water partition coefficient (Wildman–Crippen LogP) is 3.58. The Labute approximate surface area is 124 Å². The summed E-state index contributed by atoms with van der Waals surface area (Å²) in [5, 5.41) is 4.09. The topological polar surface area (TPSA) is 46.3 Å². The lowest BCUT2D eigenvalue weighted by Crippen LogP contribution is -2.30. The summed E-state index contributed by atoms with van der Waals surface area (Å²) >= 11 is 0. The fourth-order valence-electron chi connectivity index (χ4n) is 3.12. The number of amides is 1. The van der Waals surface area contributed by atoms with E-state index in [2.05, 4.69) is 11.2 Å². The molecule has 0 spiro atoms. The largest absolute Gasteiger partial charge is 0.361 e. The van der Waals surface area contributed by atoms with E-state index in [0.717, 1.165) is 47.5 Å². The van der Waals surface area contributed by atoms with E-state index in [0.29, 0.717) is 0 Å². The summed E-state index contributed by atoms with van der Waals surface area (Å²) in [4.78, 5) is 14.7. The smallest absolute Gasteiger partial charge is 0.254 e. The Kier molecular flexibility index (Phi) is 3.53. The molecule has 4 nitrogen and oxygen atoms in total. The van der Waals surface area contributed by atoms with Crippen LogP contribution in [0.15, 0.2) is 28.8 Å². The first-order valence-electron chi connectivity index (χ1n) is 7.37. The van der Waals surface area contributed by atoms with Gasteiger partial charge >= 0.3 is 0 Å². The Balaban J connectivity index is 1.89. The molecule has 1 aromatic carbocycles. The lowest BCUT2D eigenvalue weighted by Gasteiger charge is -2.23. The molecule has 1 aliphatic heterocycles. The minimum atomic E-state index is 0.0377. The zero-order valence-corrected chi connectivity index (χ0v) is 12.7. The summed E-state index contributed by atoms with van der Waals surface area (Å²) in [6, 6.07) is 7.96. The van der Waals surface area contributed by atoms with Crippen LogP contribution in [-0.2, 0) is 0 Å². The van der Waals surface area contributed by atoms with E-state index in [-0.39, 0.29) is 11.9 Å². The number of rotatable bonds is 2. The molecule has 1 fully saturated rings. The minimum Gasteiger partial charge on any atom is -0.361 e. The Hall–Kier alpha value is -2.10. The van der Waals surface area contributed by atoms with Crippen molar-refractivity contribution in [2.45, 2.75) is 39.7 Å². The average molecular weight is 284 g/mol. The van der Waals surface area contributed by atoms with Gasteiger partial charge < -0.3 is 9.42 Å². The van der Waals surface area contributed by atoms with E-state index in [1.807, 2.05) is 43.9 Å². The second kappa shape index (κ2) is 5.35. The van der Waals surface area contributed by atoms with Crippen molar-refractivity contribution in [3.8, 4) is 0 Å². The number of hydrogen-bond donors (Lipinski definition) is 0. The van der Waals surface area contributed by atoms with Crippen LogP contribution in [0.5, 0.6) is 0 Å². The highest BCUT2D eigenvalue weighted by Gasteiger charge is 2.32. The molecule has 21 heavy (non-hydrogen) atoms. The third-order valence-electron chi connectivity index (χ3n) is 3.97. The molecule has 1 amide bonds. The molecule has 4 heteroatoms. The number of benzene rings is 1. The minimum absolute atomic E-state index is 0.0377. The second-order valence-electron chi connectivity index (χ2n) is 5.90. The van der Waals surface area contributed by atoms with Gasteiger partial charge in [0.05, 0.1) is 6.04 Å². The van der Waals surface area contributed by atoms with Gasteiger partial charge in [0.15, 0.2) is 0 Å². The first-order valence-corrected chi connectivity index (χ1v) is 7.37. The van der Waals surface area contributed by atoms with Crippen LogP contribution in [0.3, 0.4) is 0 Å². The van der Waals surface area contributed by atoms with Crippen LogP contribution in [0.1, 0.15) is 51.8 Å². The van der Waals surface area contributed by atoms with Crippen LogP contribution in [0.2, 0.25) is 0 Å². The fraction of sp³-hybridized carbons (Fsp3) is 0.412. The van der Waals surface area contributed by atoms with Crippen molar-refractivity contribution in [1.82, 2.24) is 10.1 Å². The van der Waals surface area contributed by atoms with Crippen LogP contribution < -0.4 is 0 Å². The van der Waals surface area contributed by atoms with E-state index in [9.17, 15) is 4.79 Å². The van der Waals surface area contributed by atoms with Gasteiger partial charge in [-0.1, -0.05) is 22.3 Å². The molecule has 0 N–H and O–H groups in total. The molecule has 3 rings (SSSR count). The molecule has 110 valence electrons. The van der Waals surface area contributed by atoms with Crippen LogP contribution >= 0.6 is 0 Å². The number of aryl methyl sites for hydroxylation is 3. The molecular formula is C17H20N2O2. The molecule has 1 saturated heterocycles. The van der Waals surface area contributed by atoms with Crippen LogP contribution in [-0.4, -0.2) is 22.5 Å². The van der Waals surface area contributed by atoms with Crippen molar-refractivity contribution < 1.29 is 9.32 Å². The molecular weight excluding hydrogens is 264 g/mol. The standard InChI is InChI=1S/C17H20N2O2/c1-11-7-12(2)9-14(8-11)17(20)19-6-4-5-16(19)15-10-13(3)21-18-15/h7-10,16H,4-6H2,1-3H3/t16-/m1/s1. The average Bonchev–Trinajstić information content (AvgIpc) is 3.04. The summed E-state index contributed by atoms with van der Waals surface area (Å²) in [6.45, 7) is 6.70. The second-order valence-corrected chi connectivity index (χ2v) is 5.90. The van der Waals surface area contributed by atoms with E-state index in [1.165, 1.54) is 0 Å². The summed E-state index contributed by atoms with van der Waals surface area (Å²) < 4.78 is 5.16. The number of nitrogens with zero attached hydrogens (tertiary/aromatic N) is 2. The zero-order valence-electron chi connectivity index (χ0n) is 12.7. The van der Waals surface area contributed by atoms with E-state index < -0.39 is 0 Å². The van der Waals surface area contributed by atoms with Gasteiger partial charge in [-0.25, -0.2) is 0 Å². The monoisotopic (exact) mass is 284 g/mol. The number of aromatic nitrogens is 1. The molecule has 2 aromatic rings. The predicted molar refractivity (Wildman–Crippen MR) is 80.2 cm³/mol. The van der Waals surface area contributed by atoms with E-state index >= 15 is 0 Å². The van der Waals surface area contributed by atoms with Gasteiger partial charge in [-0.3, -0.25) is 4.79 Å².